The first-order valence-electron chi connectivity index (χ1n) is 10.1. The lowest BCUT2D eigenvalue weighted by molar-refractivity contribution is -0.172. The molecule has 0 aliphatic heterocycles. The minimum atomic E-state index is -0.204. The molecule has 0 amide bonds. The van der Waals surface area contributed by atoms with Crippen LogP contribution in [0, 0.1) is 40.9 Å². The van der Waals surface area contributed by atoms with Crippen molar-refractivity contribution >= 4 is 5.97 Å². The molecule has 5 fully saturated rings. The van der Waals surface area contributed by atoms with Crippen LogP contribution in [-0.2, 0) is 14.3 Å². The van der Waals surface area contributed by atoms with E-state index in [1.165, 1.54) is 44.9 Å². The molecule has 0 spiro atoms. The van der Waals surface area contributed by atoms with Crippen LogP contribution in [0.3, 0.4) is 0 Å². The van der Waals surface area contributed by atoms with Crippen LogP contribution < -0.4 is 0 Å². The van der Waals surface area contributed by atoms with E-state index in [4.69, 9.17) is 9.47 Å². The minimum absolute atomic E-state index is 0.0789. The number of rotatable bonds is 3. The number of hydrogen-bond acceptors (Lipinski definition) is 3. The fraction of sp³-hybridized carbons (Fsp3) is 0.857. The van der Waals surface area contributed by atoms with Crippen LogP contribution in [0.5, 0.6) is 0 Å². The Kier molecular flexibility index (Phi) is 2.67. The number of carbonyl (C=O) groups is 1. The Morgan fingerprint density at radius 3 is 2.67 bits per heavy atom. The SMILES string of the molecule is COC(=O)C12C3C=CC(C3)C1C1CC2CC1OC12CCC(CC1)C2. The predicted molar refractivity (Wildman–Crippen MR) is 89.1 cm³/mol. The van der Waals surface area contributed by atoms with E-state index in [2.05, 4.69) is 12.2 Å². The average Bonchev–Trinajstić information content (AvgIpc) is 3.38. The van der Waals surface area contributed by atoms with Crippen molar-refractivity contribution < 1.29 is 14.3 Å². The van der Waals surface area contributed by atoms with Crippen LogP contribution in [0.1, 0.15) is 51.4 Å². The van der Waals surface area contributed by atoms with E-state index in [9.17, 15) is 4.79 Å². The summed E-state index contributed by atoms with van der Waals surface area (Å²) in [5, 5.41) is 0. The third kappa shape index (κ3) is 1.48. The molecule has 3 heteroatoms. The molecule has 6 rings (SSSR count). The van der Waals surface area contributed by atoms with Gasteiger partial charge in [0.2, 0.25) is 0 Å². The van der Waals surface area contributed by atoms with E-state index >= 15 is 0 Å². The van der Waals surface area contributed by atoms with Crippen LogP contribution in [0.4, 0.5) is 0 Å². The number of ether oxygens (including phenoxy) is 2. The Balaban J connectivity index is 1.32. The van der Waals surface area contributed by atoms with Gasteiger partial charge in [0, 0.05) is 0 Å². The first kappa shape index (κ1) is 14.4. The number of hydrogen-bond donors (Lipinski definition) is 0. The number of allylic oxidation sites excluding steroid dienone is 2. The summed E-state index contributed by atoms with van der Waals surface area (Å²) in [7, 11) is 1.58. The molecule has 0 N–H and O–H groups in total. The van der Waals surface area contributed by atoms with Gasteiger partial charge in [-0.2, -0.15) is 0 Å². The van der Waals surface area contributed by atoms with E-state index in [1.54, 1.807) is 7.11 Å². The van der Waals surface area contributed by atoms with E-state index in [0.29, 0.717) is 35.7 Å². The molecule has 0 heterocycles. The average molecular weight is 328 g/mol. The lowest BCUT2D eigenvalue weighted by atomic mass is 9.60. The molecular formula is C21H28O3. The largest absolute Gasteiger partial charge is 0.469 e. The summed E-state index contributed by atoms with van der Waals surface area (Å²) >= 11 is 0. The molecule has 0 aromatic heterocycles. The Hall–Kier alpha value is -0.830. The third-order valence-corrected chi connectivity index (χ3v) is 9.05. The van der Waals surface area contributed by atoms with Crippen molar-refractivity contribution in [3.63, 3.8) is 0 Å². The molecule has 6 aliphatic carbocycles. The smallest absolute Gasteiger partial charge is 0.312 e. The molecule has 0 aromatic carbocycles. The molecule has 5 saturated carbocycles. The van der Waals surface area contributed by atoms with Crippen LogP contribution in [0.15, 0.2) is 12.2 Å². The topological polar surface area (TPSA) is 35.5 Å². The zero-order valence-electron chi connectivity index (χ0n) is 14.6. The summed E-state index contributed by atoms with van der Waals surface area (Å²) < 4.78 is 12.2. The number of carbonyl (C=O) groups excluding carboxylic acids is 1. The Morgan fingerprint density at radius 2 is 1.96 bits per heavy atom. The summed E-state index contributed by atoms with van der Waals surface area (Å²) in [5.74, 6) is 3.59. The summed E-state index contributed by atoms with van der Waals surface area (Å²) in [5.41, 5.74) is 0.00540. The number of esters is 1. The highest BCUT2D eigenvalue weighted by atomic mass is 16.5. The molecule has 3 nitrogen and oxygen atoms in total. The Morgan fingerprint density at radius 1 is 1.12 bits per heavy atom. The molecule has 130 valence electrons. The molecule has 6 bridgehead atoms. The molecule has 0 saturated heterocycles. The standard InChI is InChI=1S/C21H28O3/c1-23-19(22)21-14-3-2-13(8-14)18(21)16-9-15(21)10-17(16)24-20-6-4-12(11-20)5-7-20/h2-3,12-18H,4-11H2,1H3. The van der Waals surface area contributed by atoms with Crippen molar-refractivity contribution in [3.05, 3.63) is 12.2 Å². The normalized spacial score (nSPS) is 58.6. The summed E-state index contributed by atoms with van der Waals surface area (Å²) in [6.07, 6.45) is 15.2. The van der Waals surface area contributed by atoms with Gasteiger partial charge in [-0.1, -0.05) is 12.2 Å². The van der Waals surface area contributed by atoms with Crippen LogP contribution >= 0.6 is 0 Å². The van der Waals surface area contributed by atoms with Gasteiger partial charge in [0.15, 0.2) is 0 Å². The highest BCUT2D eigenvalue weighted by Gasteiger charge is 2.74. The zero-order valence-corrected chi connectivity index (χ0v) is 14.6. The first-order valence-corrected chi connectivity index (χ1v) is 10.1. The lowest BCUT2D eigenvalue weighted by Crippen LogP contribution is -2.51. The van der Waals surface area contributed by atoms with E-state index in [1.807, 2.05) is 0 Å². The van der Waals surface area contributed by atoms with Gasteiger partial charge in [-0.3, -0.25) is 4.79 Å². The van der Waals surface area contributed by atoms with Crippen molar-refractivity contribution in [2.24, 2.45) is 40.9 Å². The van der Waals surface area contributed by atoms with Crippen molar-refractivity contribution in [1.29, 1.82) is 0 Å². The van der Waals surface area contributed by atoms with Gasteiger partial charge in [0.1, 0.15) is 0 Å². The minimum Gasteiger partial charge on any atom is -0.469 e. The number of fused-ring (bicyclic) bond motifs is 11. The zero-order chi connectivity index (χ0) is 16.1. The van der Waals surface area contributed by atoms with Crippen LogP contribution in [0.2, 0.25) is 0 Å². The fourth-order valence-corrected chi connectivity index (χ4v) is 8.39. The summed E-state index contributed by atoms with van der Waals surface area (Å²) in [6.45, 7) is 0. The van der Waals surface area contributed by atoms with Gasteiger partial charge in [0.05, 0.1) is 24.2 Å². The van der Waals surface area contributed by atoms with Crippen molar-refractivity contribution in [1.82, 2.24) is 0 Å². The van der Waals surface area contributed by atoms with Crippen molar-refractivity contribution in [2.45, 2.75) is 63.1 Å². The second kappa shape index (κ2) is 4.47. The maximum absolute atomic E-state index is 12.9. The fourth-order valence-electron chi connectivity index (χ4n) is 8.39. The van der Waals surface area contributed by atoms with E-state index in [0.717, 1.165) is 12.3 Å². The van der Waals surface area contributed by atoms with E-state index in [-0.39, 0.29) is 17.0 Å². The second-order valence-corrected chi connectivity index (χ2v) is 9.66. The van der Waals surface area contributed by atoms with E-state index < -0.39 is 0 Å². The van der Waals surface area contributed by atoms with Crippen LogP contribution in [-0.4, -0.2) is 24.8 Å². The highest BCUT2D eigenvalue weighted by molar-refractivity contribution is 5.80. The maximum atomic E-state index is 12.9. The first-order chi connectivity index (χ1) is 11.7. The molecule has 24 heavy (non-hydrogen) atoms. The number of methoxy groups -OCH3 is 1. The molecular weight excluding hydrogens is 300 g/mol. The molecule has 7 atom stereocenters. The van der Waals surface area contributed by atoms with Gasteiger partial charge in [-0.05, 0) is 86.9 Å². The molecule has 0 aromatic rings. The molecule has 7 unspecified atom stereocenters. The monoisotopic (exact) mass is 328 g/mol. The molecule has 6 aliphatic rings. The summed E-state index contributed by atoms with van der Waals surface area (Å²) in [6, 6.07) is 0. The van der Waals surface area contributed by atoms with Gasteiger partial charge in [0.25, 0.3) is 0 Å². The third-order valence-electron chi connectivity index (χ3n) is 9.05. The molecule has 0 radical (unpaired) electrons. The highest BCUT2D eigenvalue weighted by Crippen LogP contribution is 2.73. The van der Waals surface area contributed by atoms with Gasteiger partial charge >= 0.3 is 5.97 Å². The Labute approximate surface area is 144 Å². The Bertz CT molecular complexity index is 617. The lowest BCUT2D eigenvalue weighted by Gasteiger charge is -2.46. The quantitative estimate of drug-likeness (QED) is 0.450. The predicted octanol–water partition coefficient (Wildman–Crippen LogP) is 3.73. The van der Waals surface area contributed by atoms with Crippen LogP contribution in [0.25, 0.3) is 0 Å². The van der Waals surface area contributed by atoms with Gasteiger partial charge in [-0.15, -0.1) is 0 Å². The van der Waals surface area contributed by atoms with Crippen molar-refractivity contribution in [3.8, 4) is 0 Å². The summed E-state index contributed by atoms with van der Waals surface area (Å²) in [4.78, 5) is 12.9. The second-order valence-electron chi connectivity index (χ2n) is 9.66. The van der Waals surface area contributed by atoms with Gasteiger partial charge < -0.3 is 9.47 Å². The van der Waals surface area contributed by atoms with Crippen molar-refractivity contribution in [2.75, 3.05) is 7.11 Å². The van der Waals surface area contributed by atoms with Gasteiger partial charge in [-0.25, -0.2) is 0 Å². The maximum Gasteiger partial charge on any atom is 0.312 e.